The number of benzene rings is 2. The lowest BCUT2D eigenvalue weighted by atomic mass is 10.0. The van der Waals surface area contributed by atoms with Crippen LogP contribution in [0, 0.1) is 0 Å². The number of carbonyl (C=O) groups is 2. The fourth-order valence-corrected chi connectivity index (χ4v) is 3.32. The normalized spacial score (nSPS) is 14.6. The number of amides is 2. The number of nitrogens with one attached hydrogen (secondary N) is 1. The fraction of sp³-hybridized carbons (Fsp3) is 0.391. The zero-order chi connectivity index (χ0) is 20.6. The zero-order valence-corrected chi connectivity index (χ0v) is 17.0. The number of aryl methyl sites for hydroxylation is 1. The Hall–Kier alpha value is -2.86. The Bertz CT molecular complexity index is 838. The van der Waals surface area contributed by atoms with Gasteiger partial charge in [-0.1, -0.05) is 30.3 Å². The Balaban J connectivity index is 1.62. The van der Waals surface area contributed by atoms with E-state index in [1.165, 1.54) is 5.56 Å². The summed E-state index contributed by atoms with van der Waals surface area (Å²) < 4.78 is 10.7. The third kappa shape index (κ3) is 5.81. The van der Waals surface area contributed by atoms with Gasteiger partial charge >= 0.3 is 0 Å². The highest BCUT2D eigenvalue weighted by Crippen LogP contribution is 2.25. The SMILES string of the molecule is COCCN1Cc2cc(C(=O)NC(C)CCc3ccccc3)ccc2OCC1=O. The van der Waals surface area contributed by atoms with Crippen LogP contribution in [0.3, 0.4) is 0 Å². The van der Waals surface area contributed by atoms with E-state index in [0.717, 1.165) is 18.4 Å². The van der Waals surface area contributed by atoms with Crippen LogP contribution < -0.4 is 10.1 Å². The van der Waals surface area contributed by atoms with Crippen LogP contribution in [0.15, 0.2) is 48.5 Å². The first kappa shape index (κ1) is 20.9. The molecule has 2 amide bonds. The number of nitrogens with zero attached hydrogens (tertiary/aromatic N) is 1. The third-order valence-electron chi connectivity index (χ3n) is 5.04. The lowest BCUT2D eigenvalue weighted by Crippen LogP contribution is -2.35. The monoisotopic (exact) mass is 396 g/mol. The average Bonchev–Trinajstić information content (AvgIpc) is 2.89. The van der Waals surface area contributed by atoms with Crippen molar-refractivity contribution < 1.29 is 19.1 Å². The Morgan fingerprint density at radius 3 is 2.79 bits per heavy atom. The average molecular weight is 396 g/mol. The van der Waals surface area contributed by atoms with Crippen LogP contribution in [-0.2, 0) is 22.5 Å². The van der Waals surface area contributed by atoms with Crippen molar-refractivity contribution in [3.8, 4) is 5.75 Å². The predicted octanol–water partition coefficient (Wildman–Crippen LogP) is 2.81. The largest absolute Gasteiger partial charge is 0.483 e. The summed E-state index contributed by atoms with van der Waals surface area (Å²) in [6, 6.07) is 15.6. The van der Waals surface area contributed by atoms with Crippen LogP contribution in [0.4, 0.5) is 0 Å². The minimum Gasteiger partial charge on any atom is -0.483 e. The summed E-state index contributed by atoms with van der Waals surface area (Å²) in [4.78, 5) is 26.6. The van der Waals surface area contributed by atoms with Crippen molar-refractivity contribution in [1.29, 1.82) is 0 Å². The van der Waals surface area contributed by atoms with Gasteiger partial charge < -0.3 is 19.7 Å². The van der Waals surface area contributed by atoms with Gasteiger partial charge in [0.15, 0.2) is 6.61 Å². The molecule has 1 N–H and O–H groups in total. The Morgan fingerprint density at radius 2 is 2.03 bits per heavy atom. The number of methoxy groups -OCH3 is 1. The molecule has 154 valence electrons. The molecule has 29 heavy (non-hydrogen) atoms. The molecule has 0 bridgehead atoms. The molecule has 3 rings (SSSR count). The first-order valence-electron chi connectivity index (χ1n) is 9.94. The first-order valence-corrected chi connectivity index (χ1v) is 9.94. The molecule has 1 unspecified atom stereocenters. The van der Waals surface area contributed by atoms with E-state index in [-0.39, 0.29) is 24.5 Å². The molecule has 0 saturated carbocycles. The van der Waals surface area contributed by atoms with Crippen LogP contribution in [-0.4, -0.2) is 49.6 Å². The highest BCUT2D eigenvalue weighted by atomic mass is 16.5. The second-order valence-corrected chi connectivity index (χ2v) is 7.32. The number of rotatable bonds is 8. The molecule has 0 aromatic heterocycles. The quantitative estimate of drug-likeness (QED) is 0.745. The maximum atomic E-state index is 12.7. The fourth-order valence-electron chi connectivity index (χ4n) is 3.32. The molecular weight excluding hydrogens is 368 g/mol. The molecule has 1 heterocycles. The number of fused-ring (bicyclic) bond motifs is 1. The summed E-state index contributed by atoms with van der Waals surface area (Å²) in [5, 5.41) is 3.06. The smallest absolute Gasteiger partial charge is 0.260 e. The molecule has 1 aliphatic rings. The van der Waals surface area contributed by atoms with Gasteiger partial charge in [-0.3, -0.25) is 9.59 Å². The minimum absolute atomic E-state index is 0.00121. The van der Waals surface area contributed by atoms with Crippen LogP contribution in [0.25, 0.3) is 0 Å². The van der Waals surface area contributed by atoms with Gasteiger partial charge in [-0.05, 0) is 43.5 Å². The van der Waals surface area contributed by atoms with Gasteiger partial charge in [0.05, 0.1) is 6.61 Å². The van der Waals surface area contributed by atoms with Crippen molar-refractivity contribution in [2.24, 2.45) is 0 Å². The van der Waals surface area contributed by atoms with Crippen LogP contribution in [0.5, 0.6) is 5.75 Å². The molecule has 2 aromatic rings. The molecule has 1 aliphatic heterocycles. The summed E-state index contributed by atoms with van der Waals surface area (Å²) in [5.74, 6) is 0.443. The number of hydrogen-bond donors (Lipinski definition) is 1. The van der Waals surface area contributed by atoms with Crippen molar-refractivity contribution in [3.05, 3.63) is 65.2 Å². The van der Waals surface area contributed by atoms with E-state index in [1.54, 1.807) is 24.1 Å². The first-order chi connectivity index (χ1) is 14.1. The topological polar surface area (TPSA) is 67.9 Å². The number of hydrogen-bond acceptors (Lipinski definition) is 4. The Labute approximate surface area is 171 Å². The highest BCUT2D eigenvalue weighted by molar-refractivity contribution is 5.94. The number of ether oxygens (including phenoxy) is 2. The Kier molecular flexibility index (Phi) is 7.25. The van der Waals surface area contributed by atoms with Crippen molar-refractivity contribution in [2.45, 2.75) is 32.4 Å². The molecular formula is C23H28N2O4. The lowest BCUT2D eigenvalue weighted by molar-refractivity contribution is -0.133. The molecule has 0 radical (unpaired) electrons. The minimum atomic E-state index is -0.118. The molecule has 0 spiro atoms. The summed E-state index contributed by atoms with van der Waals surface area (Å²) in [5.41, 5.74) is 2.66. The van der Waals surface area contributed by atoms with Crippen LogP contribution >= 0.6 is 0 Å². The van der Waals surface area contributed by atoms with E-state index in [0.29, 0.717) is 31.0 Å². The van der Waals surface area contributed by atoms with E-state index in [1.807, 2.05) is 31.2 Å². The van der Waals surface area contributed by atoms with Crippen molar-refractivity contribution in [3.63, 3.8) is 0 Å². The van der Waals surface area contributed by atoms with Gasteiger partial charge in [0, 0.05) is 37.4 Å². The summed E-state index contributed by atoms with van der Waals surface area (Å²) in [6.45, 7) is 3.37. The Morgan fingerprint density at radius 1 is 1.24 bits per heavy atom. The van der Waals surface area contributed by atoms with Crippen LogP contribution in [0.2, 0.25) is 0 Å². The second-order valence-electron chi connectivity index (χ2n) is 7.32. The second kappa shape index (κ2) is 10.1. The molecule has 1 atom stereocenters. The maximum Gasteiger partial charge on any atom is 0.260 e. The summed E-state index contributed by atoms with van der Waals surface area (Å²) in [7, 11) is 1.61. The molecule has 0 saturated heterocycles. The van der Waals surface area contributed by atoms with E-state index < -0.39 is 0 Å². The van der Waals surface area contributed by atoms with E-state index in [9.17, 15) is 9.59 Å². The van der Waals surface area contributed by atoms with E-state index in [4.69, 9.17) is 9.47 Å². The lowest BCUT2D eigenvalue weighted by Gasteiger charge is -2.19. The van der Waals surface area contributed by atoms with E-state index >= 15 is 0 Å². The standard InChI is InChI=1S/C23H28N2O4/c1-17(8-9-18-6-4-3-5-7-18)24-23(27)19-10-11-21-20(14-19)15-25(12-13-28-2)22(26)16-29-21/h3-7,10-11,14,17H,8-9,12-13,15-16H2,1-2H3,(H,24,27). The molecule has 0 fully saturated rings. The van der Waals surface area contributed by atoms with Crippen molar-refractivity contribution in [1.82, 2.24) is 10.2 Å². The van der Waals surface area contributed by atoms with Gasteiger partial charge in [-0.25, -0.2) is 0 Å². The molecule has 2 aromatic carbocycles. The number of carbonyl (C=O) groups excluding carboxylic acids is 2. The van der Waals surface area contributed by atoms with Gasteiger partial charge in [-0.2, -0.15) is 0 Å². The maximum absolute atomic E-state index is 12.7. The highest BCUT2D eigenvalue weighted by Gasteiger charge is 2.22. The van der Waals surface area contributed by atoms with Gasteiger partial charge in [0.2, 0.25) is 0 Å². The summed E-state index contributed by atoms with van der Waals surface area (Å²) >= 11 is 0. The van der Waals surface area contributed by atoms with Gasteiger partial charge in [-0.15, -0.1) is 0 Å². The molecule has 6 heteroatoms. The predicted molar refractivity (Wildman–Crippen MR) is 111 cm³/mol. The van der Waals surface area contributed by atoms with Crippen molar-refractivity contribution in [2.75, 3.05) is 26.9 Å². The summed E-state index contributed by atoms with van der Waals surface area (Å²) in [6.07, 6.45) is 1.78. The van der Waals surface area contributed by atoms with Crippen LogP contribution in [0.1, 0.15) is 34.8 Å². The van der Waals surface area contributed by atoms with Gasteiger partial charge in [0.1, 0.15) is 5.75 Å². The molecule has 6 nitrogen and oxygen atoms in total. The van der Waals surface area contributed by atoms with E-state index in [2.05, 4.69) is 17.4 Å². The van der Waals surface area contributed by atoms with Crippen molar-refractivity contribution >= 4 is 11.8 Å². The third-order valence-corrected chi connectivity index (χ3v) is 5.04. The molecule has 0 aliphatic carbocycles. The van der Waals surface area contributed by atoms with Gasteiger partial charge in [0.25, 0.3) is 11.8 Å². The zero-order valence-electron chi connectivity index (χ0n) is 17.0.